The summed E-state index contributed by atoms with van der Waals surface area (Å²) in [6, 6.07) is 51.5. The molecule has 3 heterocycles. The fraction of sp³-hybridized carbons (Fsp3) is 0.328. The maximum Gasteiger partial charge on any atom is 0.137 e. The Morgan fingerprint density at radius 1 is 0.409 bits per heavy atom. The first-order valence-corrected chi connectivity index (χ1v) is 23.7. The van der Waals surface area contributed by atoms with Gasteiger partial charge in [0, 0.05) is 45.9 Å². The summed E-state index contributed by atoms with van der Waals surface area (Å²) in [6.07, 6.45) is 1.94. The van der Waals surface area contributed by atoms with E-state index in [1.54, 1.807) is 0 Å². The highest BCUT2D eigenvalue weighted by atomic mass is 16.5. The molecule has 2 aromatic heterocycles. The van der Waals surface area contributed by atoms with Gasteiger partial charge < -0.3 is 14.5 Å². The standard InChI is InChI=1S/C61H68N4O/c1-57(2,3)41-23-27-52-51(34-41)50-26-25-49(38-54(50)65(52)56-36-42(29-30-62-56)58(4,5)6)66-48-22-18-21-46(37-48)63-39-64(47-32-44(59(7,8)9)31-45(33-47)60(10,11)12)53-28-24-43(35-55(53)63)61(13,14)40-19-16-15-17-20-40/h15-38H,39H2,1-14H3. The van der Waals surface area contributed by atoms with Crippen molar-refractivity contribution in [2.24, 2.45) is 0 Å². The lowest BCUT2D eigenvalue weighted by molar-refractivity contribution is 0.483. The highest BCUT2D eigenvalue weighted by Crippen LogP contribution is 2.49. The van der Waals surface area contributed by atoms with Crippen LogP contribution >= 0.6 is 0 Å². The van der Waals surface area contributed by atoms with Gasteiger partial charge in [-0.3, -0.25) is 4.57 Å². The Balaban J connectivity index is 1.14. The van der Waals surface area contributed by atoms with E-state index in [0.717, 1.165) is 34.0 Å². The number of hydrogen-bond acceptors (Lipinski definition) is 4. The van der Waals surface area contributed by atoms with Crippen LogP contribution in [0.15, 0.2) is 146 Å². The zero-order valence-electron chi connectivity index (χ0n) is 41.8. The van der Waals surface area contributed by atoms with Crippen molar-refractivity contribution in [3.8, 4) is 17.3 Å². The van der Waals surface area contributed by atoms with Gasteiger partial charge in [-0.15, -0.1) is 0 Å². The second-order valence-electron chi connectivity index (χ2n) is 23.2. The number of pyridine rings is 1. The Bertz CT molecular complexity index is 3080. The van der Waals surface area contributed by atoms with Gasteiger partial charge in [0.05, 0.1) is 22.4 Å². The van der Waals surface area contributed by atoms with Gasteiger partial charge in [0.25, 0.3) is 0 Å². The largest absolute Gasteiger partial charge is 0.457 e. The minimum atomic E-state index is -0.203. The molecule has 0 N–H and O–H groups in total. The molecule has 338 valence electrons. The van der Waals surface area contributed by atoms with E-state index in [0.29, 0.717) is 6.67 Å². The van der Waals surface area contributed by atoms with Crippen molar-refractivity contribution in [1.29, 1.82) is 0 Å². The van der Waals surface area contributed by atoms with Crippen molar-refractivity contribution in [2.45, 2.75) is 124 Å². The van der Waals surface area contributed by atoms with Crippen LogP contribution in [0.25, 0.3) is 27.6 Å². The minimum Gasteiger partial charge on any atom is -0.457 e. The number of benzene rings is 6. The molecule has 5 nitrogen and oxygen atoms in total. The summed E-state index contributed by atoms with van der Waals surface area (Å²) in [7, 11) is 0. The van der Waals surface area contributed by atoms with E-state index in [1.807, 2.05) is 6.20 Å². The highest BCUT2D eigenvalue weighted by molar-refractivity contribution is 6.10. The fourth-order valence-corrected chi connectivity index (χ4v) is 9.38. The summed E-state index contributed by atoms with van der Waals surface area (Å²) in [5.41, 5.74) is 14.4. The van der Waals surface area contributed by atoms with Crippen molar-refractivity contribution in [2.75, 3.05) is 16.5 Å². The average molecular weight is 873 g/mol. The quantitative estimate of drug-likeness (QED) is 0.160. The number of rotatable bonds is 7. The van der Waals surface area contributed by atoms with Gasteiger partial charge in [0.1, 0.15) is 24.0 Å². The highest BCUT2D eigenvalue weighted by Gasteiger charge is 2.33. The zero-order valence-corrected chi connectivity index (χ0v) is 41.8. The van der Waals surface area contributed by atoms with Crippen LogP contribution in [0.5, 0.6) is 11.5 Å². The Labute approximate surface area is 394 Å². The summed E-state index contributed by atoms with van der Waals surface area (Å²) in [6.45, 7) is 32.8. The predicted octanol–water partition coefficient (Wildman–Crippen LogP) is 16.7. The average Bonchev–Trinajstić information content (AvgIpc) is 3.81. The third kappa shape index (κ3) is 8.38. The molecule has 0 fully saturated rings. The van der Waals surface area contributed by atoms with Crippen LogP contribution < -0.4 is 14.5 Å². The molecule has 1 aliphatic heterocycles. The van der Waals surface area contributed by atoms with Crippen LogP contribution in [-0.4, -0.2) is 16.2 Å². The van der Waals surface area contributed by atoms with Crippen LogP contribution in [-0.2, 0) is 27.1 Å². The zero-order chi connectivity index (χ0) is 47.1. The van der Waals surface area contributed by atoms with E-state index in [4.69, 9.17) is 9.72 Å². The molecule has 6 aromatic carbocycles. The molecule has 0 spiro atoms. The van der Waals surface area contributed by atoms with Gasteiger partial charge in [-0.1, -0.05) is 152 Å². The van der Waals surface area contributed by atoms with Crippen molar-refractivity contribution in [3.05, 3.63) is 179 Å². The molecule has 0 saturated heterocycles. The molecule has 8 aromatic rings. The molecular formula is C61H68N4O. The van der Waals surface area contributed by atoms with Crippen molar-refractivity contribution < 1.29 is 4.74 Å². The summed E-state index contributed by atoms with van der Waals surface area (Å²) in [4.78, 5) is 9.91. The van der Waals surface area contributed by atoms with Gasteiger partial charge >= 0.3 is 0 Å². The van der Waals surface area contributed by atoms with Crippen LogP contribution in [0.1, 0.15) is 130 Å². The third-order valence-electron chi connectivity index (χ3n) is 13.8. The van der Waals surface area contributed by atoms with Gasteiger partial charge in [0.2, 0.25) is 0 Å². The Morgan fingerprint density at radius 3 is 1.70 bits per heavy atom. The first kappa shape index (κ1) is 44.9. The van der Waals surface area contributed by atoms with Gasteiger partial charge in [-0.05, 0) is 128 Å². The van der Waals surface area contributed by atoms with E-state index >= 15 is 0 Å². The maximum atomic E-state index is 6.90. The minimum absolute atomic E-state index is 0.00674. The Morgan fingerprint density at radius 2 is 1.03 bits per heavy atom. The van der Waals surface area contributed by atoms with E-state index in [1.165, 1.54) is 61.2 Å². The second kappa shape index (κ2) is 15.9. The number of ether oxygens (including phenoxy) is 1. The summed E-state index contributed by atoms with van der Waals surface area (Å²) in [5, 5.41) is 2.39. The summed E-state index contributed by atoms with van der Waals surface area (Å²) in [5.74, 6) is 2.46. The Kier molecular flexibility index (Phi) is 10.8. The van der Waals surface area contributed by atoms with Crippen LogP contribution in [0.4, 0.5) is 22.7 Å². The van der Waals surface area contributed by atoms with Crippen LogP contribution in [0.2, 0.25) is 0 Å². The van der Waals surface area contributed by atoms with Gasteiger partial charge in [0.15, 0.2) is 0 Å². The molecule has 0 atom stereocenters. The van der Waals surface area contributed by atoms with Gasteiger partial charge in [-0.2, -0.15) is 0 Å². The van der Waals surface area contributed by atoms with Crippen molar-refractivity contribution >= 4 is 44.6 Å². The van der Waals surface area contributed by atoms with Gasteiger partial charge in [-0.25, -0.2) is 4.98 Å². The molecule has 0 amide bonds. The molecule has 66 heavy (non-hydrogen) atoms. The fourth-order valence-electron chi connectivity index (χ4n) is 9.38. The number of hydrogen-bond donors (Lipinski definition) is 0. The molecule has 0 unspecified atom stereocenters. The van der Waals surface area contributed by atoms with E-state index in [-0.39, 0.29) is 27.1 Å². The second-order valence-corrected chi connectivity index (χ2v) is 23.2. The van der Waals surface area contributed by atoms with Crippen molar-refractivity contribution in [3.63, 3.8) is 0 Å². The molecule has 1 aliphatic rings. The smallest absolute Gasteiger partial charge is 0.137 e. The summed E-state index contributed by atoms with van der Waals surface area (Å²) < 4.78 is 9.20. The lowest BCUT2D eigenvalue weighted by Gasteiger charge is -2.29. The lowest BCUT2D eigenvalue weighted by Crippen LogP contribution is -2.25. The first-order chi connectivity index (χ1) is 31.0. The molecule has 5 heteroatoms. The van der Waals surface area contributed by atoms with E-state index in [9.17, 15) is 0 Å². The normalized spacial score (nSPS) is 13.8. The van der Waals surface area contributed by atoms with E-state index < -0.39 is 0 Å². The number of nitrogens with zero attached hydrogens (tertiary/aromatic N) is 4. The first-order valence-electron chi connectivity index (χ1n) is 23.7. The molecule has 0 saturated carbocycles. The van der Waals surface area contributed by atoms with E-state index in [2.05, 4.69) is 251 Å². The molecule has 0 aliphatic carbocycles. The number of aromatic nitrogens is 2. The Hall–Kier alpha value is -6.33. The molecule has 9 rings (SSSR count). The summed E-state index contributed by atoms with van der Waals surface area (Å²) >= 11 is 0. The lowest BCUT2D eigenvalue weighted by atomic mass is 9.78. The number of anilines is 4. The predicted molar refractivity (Wildman–Crippen MR) is 280 cm³/mol. The monoisotopic (exact) mass is 873 g/mol. The van der Waals surface area contributed by atoms with Crippen LogP contribution in [0, 0.1) is 0 Å². The topological polar surface area (TPSA) is 33.5 Å². The molecular weight excluding hydrogens is 805 g/mol. The van der Waals surface area contributed by atoms with Crippen LogP contribution in [0.3, 0.4) is 0 Å². The van der Waals surface area contributed by atoms with Crippen molar-refractivity contribution in [1.82, 2.24) is 9.55 Å². The maximum absolute atomic E-state index is 6.90. The number of fused-ring (bicyclic) bond motifs is 4. The third-order valence-corrected chi connectivity index (χ3v) is 13.8. The SMILES string of the molecule is CC(C)(C)c1cc(N2CN(c3cccc(Oc4ccc5c6cc(C(C)(C)C)ccc6n(-c6cc(C(C)(C)C)ccn6)c5c4)c3)c3cc(C(C)(C)c4ccccc4)ccc32)cc(C(C)(C)C)c1. The molecule has 0 bridgehead atoms. The molecule has 0 radical (unpaired) electrons.